The van der Waals surface area contributed by atoms with Crippen LogP contribution in [-0.2, 0) is 9.53 Å². The summed E-state index contributed by atoms with van der Waals surface area (Å²) in [7, 11) is 0. The van der Waals surface area contributed by atoms with Crippen molar-refractivity contribution in [2.24, 2.45) is 0 Å². The molecule has 6 heteroatoms. The molecular weight excluding hydrogens is 336 g/mol. The smallest absolute Gasteiger partial charge is 0.341 e. The molecule has 0 unspecified atom stereocenters. The summed E-state index contributed by atoms with van der Waals surface area (Å²) in [6, 6.07) is 13.0. The lowest BCUT2D eigenvalue weighted by molar-refractivity contribution is -0.124. The van der Waals surface area contributed by atoms with E-state index in [9.17, 15) is 9.59 Å². The molecule has 1 aromatic heterocycles. The van der Waals surface area contributed by atoms with Crippen LogP contribution in [0.2, 0.25) is 0 Å². The number of carbonyl (C=O) groups excluding carboxylic acids is 2. The molecule has 0 fully saturated rings. The van der Waals surface area contributed by atoms with Gasteiger partial charge in [-0.3, -0.25) is 4.79 Å². The molecule has 0 spiro atoms. The Morgan fingerprint density at radius 2 is 1.96 bits per heavy atom. The molecule has 0 aliphatic heterocycles. The highest BCUT2D eigenvalue weighted by Crippen LogP contribution is 2.28. The van der Waals surface area contributed by atoms with E-state index in [0.717, 1.165) is 17.7 Å². The first kappa shape index (κ1) is 19.0. The molecule has 2 aromatic rings. The quantitative estimate of drug-likeness (QED) is 0.729. The van der Waals surface area contributed by atoms with Crippen molar-refractivity contribution in [1.82, 2.24) is 10.3 Å². The number of esters is 1. The highest BCUT2D eigenvalue weighted by atomic mass is 32.2. The lowest BCUT2D eigenvalue weighted by Crippen LogP contribution is -2.35. The van der Waals surface area contributed by atoms with E-state index in [2.05, 4.69) is 17.2 Å². The third kappa shape index (κ3) is 6.23. The van der Waals surface area contributed by atoms with Crippen molar-refractivity contribution in [2.45, 2.75) is 42.7 Å². The summed E-state index contributed by atoms with van der Waals surface area (Å²) in [6.07, 6.45) is 3.50. The van der Waals surface area contributed by atoms with Gasteiger partial charge >= 0.3 is 5.97 Å². The van der Waals surface area contributed by atoms with Crippen LogP contribution < -0.4 is 5.32 Å². The minimum absolute atomic E-state index is 0.0683. The fourth-order valence-corrected chi connectivity index (χ4v) is 3.15. The number of ether oxygens (including phenoxy) is 1. The predicted octanol–water partition coefficient (Wildman–Crippen LogP) is 3.69. The zero-order valence-corrected chi connectivity index (χ0v) is 15.2. The Labute approximate surface area is 152 Å². The number of pyridine rings is 1. The first-order chi connectivity index (χ1) is 12.1. The van der Waals surface area contributed by atoms with E-state index in [-0.39, 0.29) is 18.6 Å². The second kappa shape index (κ2) is 9.84. The summed E-state index contributed by atoms with van der Waals surface area (Å²) in [5.74, 6) is -0.847. The van der Waals surface area contributed by atoms with Crippen molar-refractivity contribution >= 4 is 23.6 Å². The number of hydrogen-bond donors (Lipinski definition) is 1. The van der Waals surface area contributed by atoms with Gasteiger partial charge in [-0.15, -0.1) is 0 Å². The van der Waals surface area contributed by atoms with Crippen molar-refractivity contribution in [3.8, 4) is 0 Å². The fraction of sp³-hybridized carbons (Fsp3) is 0.316. The number of benzene rings is 1. The molecule has 1 atom stereocenters. The first-order valence-corrected chi connectivity index (χ1v) is 9.06. The summed E-state index contributed by atoms with van der Waals surface area (Å²) in [5.41, 5.74) is 0.353. The zero-order valence-electron chi connectivity index (χ0n) is 14.4. The highest BCUT2D eigenvalue weighted by molar-refractivity contribution is 7.99. The number of rotatable bonds is 8. The summed E-state index contributed by atoms with van der Waals surface area (Å²) >= 11 is 1.38. The third-order valence-electron chi connectivity index (χ3n) is 3.41. The second-order valence-electron chi connectivity index (χ2n) is 5.60. The van der Waals surface area contributed by atoms with Gasteiger partial charge in [-0.1, -0.05) is 43.3 Å². The molecule has 0 radical (unpaired) electrons. The van der Waals surface area contributed by atoms with Crippen LogP contribution in [-0.4, -0.2) is 29.5 Å². The van der Waals surface area contributed by atoms with Gasteiger partial charge in [0.25, 0.3) is 5.91 Å². The lowest BCUT2D eigenvalue weighted by Gasteiger charge is -2.13. The Morgan fingerprint density at radius 3 is 2.68 bits per heavy atom. The Kier molecular flexibility index (Phi) is 7.47. The van der Waals surface area contributed by atoms with Crippen LogP contribution in [0.15, 0.2) is 58.6 Å². The van der Waals surface area contributed by atoms with Crippen molar-refractivity contribution in [1.29, 1.82) is 0 Å². The molecule has 0 saturated carbocycles. The molecule has 2 rings (SSSR count). The minimum Gasteiger partial charge on any atom is -0.452 e. The average Bonchev–Trinajstić information content (AvgIpc) is 2.61. The summed E-state index contributed by atoms with van der Waals surface area (Å²) < 4.78 is 5.14. The molecule has 0 saturated heterocycles. The Bertz CT molecular complexity index is 707. The van der Waals surface area contributed by atoms with Gasteiger partial charge in [0.05, 0.1) is 5.56 Å². The van der Waals surface area contributed by atoms with Crippen LogP contribution in [0.1, 0.15) is 37.0 Å². The zero-order chi connectivity index (χ0) is 18.1. The number of hydrogen-bond acceptors (Lipinski definition) is 5. The van der Waals surface area contributed by atoms with Gasteiger partial charge in [-0.05, 0) is 37.6 Å². The van der Waals surface area contributed by atoms with Crippen molar-refractivity contribution < 1.29 is 14.3 Å². The largest absolute Gasteiger partial charge is 0.452 e. The minimum atomic E-state index is -0.551. The molecule has 1 heterocycles. The molecule has 0 aliphatic rings. The number of aromatic nitrogens is 1. The molecule has 25 heavy (non-hydrogen) atoms. The third-order valence-corrected chi connectivity index (χ3v) is 4.44. The molecule has 5 nitrogen and oxygen atoms in total. The SMILES string of the molecule is CCC[C@H](C)NC(=O)COC(=O)c1cccnc1Sc1ccccc1. The predicted molar refractivity (Wildman–Crippen MR) is 97.6 cm³/mol. The van der Waals surface area contributed by atoms with E-state index in [1.54, 1.807) is 18.3 Å². The second-order valence-corrected chi connectivity index (χ2v) is 6.67. The molecule has 0 bridgehead atoms. The van der Waals surface area contributed by atoms with Gasteiger partial charge in [-0.2, -0.15) is 0 Å². The standard InChI is InChI=1S/C19H22N2O3S/c1-3-8-14(2)21-17(22)13-24-19(23)16-11-7-12-20-18(16)25-15-9-5-4-6-10-15/h4-7,9-12,14H,3,8,13H2,1-2H3,(H,21,22)/t14-/m0/s1. The fourth-order valence-electron chi connectivity index (χ4n) is 2.26. The van der Waals surface area contributed by atoms with E-state index >= 15 is 0 Å². The van der Waals surface area contributed by atoms with E-state index < -0.39 is 5.97 Å². The van der Waals surface area contributed by atoms with E-state index in [4.69, 9.17) is 4.74 Å². The van der Waals surface area contributed by atoms with Gasteiger partial charge in [0.15, 0.2) is 6.61 Å². The lowest BCUT2D eigenvalue weighted by atomic mass is 10.2. The van der Waals surface area contributed by atoms with E-state index in [0.29, 0.717) is 10.6 Å². The maximum absolute atomic E-state index is 12.3. The molecular formula is C19H22N2O3S. The molecule has 1 aromatic carbocycles. The summed E-state index contributed by atoms with van der Waals surface area (Å²) in [4.78, 5) is 29.4. The molecule has 0 aliphatic carbocycles. The van der Waals surface area contributed by atoms with Crippen LogP contribution in [0.4, 0.5) is 0 Å². The van der Waals surface area contributed by atoms with Crippen LogP contribution in [0.5, 0.6) is 0 Å². The summed E-state index contributed by atoms with van der Waals surface area (Å²) in [6.45, 7) is 3.69. The van der Waals surface area contributed by atoms with Gasteiger partial charge in [0.1, 0.15) is 5.03 Å². The highest BCUT2D eigenvalue weighted by Gasteiger charge is 2.16. The normalized spacial score (nSPS) is 11.6. The van der Waals surface area contributed by atoms with Crippen molar-refractivity contribution in [3.63, 3.8) is 0 Å². The van der Waals surface area contributed by atoms with Gasteiger partial charge < -0.3 is 10.1 Å². The average molecular weight is 358 g/mol. The van der Waals surface area contributed by atoms with E-state index in [1.165, 1.54) is 11.8 Å². The van der Waals surface area contributed by atoms with Gasteiger partial charge in [0, 0.05) is 17.1 Å². The van der Waals surface area contributed by atoms with Crippen molar-refractivity contribution in [3.05, 3.63) is 54.2 Å². The maximum Gasteiger partial charge on any atom is 0.341 e. The Balaban J connectivity index is 1.96. The van der Waals surface area contributed by atoms with Crippen LogP contribution in [0.3, 0.4) is 0 Å². The topological polar surface area (TPSA) is 68.3 Å². The first-order valence-electron chi connectivity index (χ1n) is 8.24. The van der Waals surface area contributed by atoms with Crippen LogP contribution >= 0.6 is 11.8 Å². The monoisotopic (exact) mass is 358 g/mol. The maximum atomic E-state index is 12.3. The molecule has 132 valence electrons. The van der Waals surface area contributed by atoms with E-state index in [1.807, 2.05) is 37.3 Å². The van der Waals surface area contributed by atoms with Crippen LogP contribution in [0, 0.1) is 0 Å². The Morgan fingerprint density at radius 1 is 1.20 bits per heavy atom. The number of amides is 1. The molecule has 1 N–H and O–H groups in total. The number of nitrogens with one attached hydrogen (secondary N) is 1. The van der Waals surface area contributed by atoms with Crippen molar-refractivity contribution in [2.75, 3.05) is 6.61 Å². The number of carbonyl (C=O) groups is 2. The Hall–Kier alpha value is -2.34. The van der Waals surface area contributed by atoms with Gasteiger partial charge in [-0.25, -0.2) is 9.78 Å². The van der Waals surface area contributed by atoms with Crippen LogP contribution in [0.25, 0.3) is 0 Å². The van der Waals surface area contributed by atoms with Gasteiger partial charge in [0.2, 0.25) is 0 Å². The summed E-state index contributed by atoms with van der Waals surface area (Å²) in [5, 5.41) is 3.36. The number of nitrogens with zero attached hydrogens (tertiary/aromatic N) is 1. The molecule has 1 amide bonds.